The van der Waals surface area contributed by atoms with Gasteiger partial charge in [0.1, 0.15) is 0 Å². The van der Waals surface area contributed by atoms with Crippen molar-refractivity contribution in [2.24, 2.45) is 0 Å². The number of rotatable bonds is 1. The molecule has 0 bridgehead atoms. The molecular weight excluding hydrogens is 256 g/mol. The molecule has 0 aliphatic heterocycles. The summed E-state index contributed by atoms with van der Waals surface area (Å²) in [4.78, 5) is 3.44. The van der Waals surface area contributed by atoms with Crippen LogP contribution in [0, 0.1) is 6.92 Å². The number of benzene rings is 2. The molecule has 0 aliphatic carbocycles. The zero-order chi connectivity index (χ0) is 12.5. The first kappa shape index (κ1) is 13.4. The van der Waals surface area contributed by atoms with Crippen LogP contribution in [0.1, 0.15) is 5.56 Å². The fourth-order valence-electron chi connectivity index (χ4n) is 2.30. The number of hydrogen-bond donors (Lipinski definition) is 1. The van der Waals surface area contributed by atoms with E-state index >= 15 is 0 Å². The molecule has 0 amide bonds. The fourth-order valence-corrected chi connectivity index (χ4v) is 2.30. The zero-order valence-electron chi connectivity index (χ0n) is 10.7. The van der Waals surface area contributed by atoms with E-state index in [1.807, 2.05) is 30.3 Å². The molecule has 96 valence electrons. The van der Waals surface area contributed by atoms with Crippen molar-refractivity contribution in [3.63, 3.8) is 0 Å². The van der Waals surface area contributed by atoms with Crippen LogP contribution in [0.2, 0.25) is 0 Å². The predicted molar refractivity (Wildman–Crippen MR) is 82.3 cm³/mol. The zero-order valence-corrected chi connectivity index (χ0v) is 11.5. The van der Waals surface area contributed by atoms with Gasteiger partial charge in [-0.2, -0.15) is 0 Å². The van der Waals surface area contributed by atoms with E-state index in [-0.39, 0.29) is 12.4 Å². The van der Waals surface area contributed by atoms with Gasteiger partial charge in [0, 0.05) is 23.2 Å². The Hall–Kier alpha value is -2.06. The highest BCUT2D eigenvalue weighted by Crippen LogP contribution is 2.25. The lowest BCUT2D eigenvalue weighted by Gasteiger charge is -2.03. The van der Waals surface area contributed by atoms with Crippen molar-refractivity contribution < 1.29 is 4.98 Å². The second kappa shape index (κ2) is 5.29. The number of nitrogens with one attached hydrogen (secondary N) is 1. The quantitative estimate of drug-likeness (QED) is 0.675. The number of para-hydroxylation sites is 2. The van der Waals surface area contributed by atoms with Gasteiger partial charge in [0.15, 0.2) is 0 Å². The van der Waals surface area contributed by atoms with E-state index in [1.54, 1.807) is 0 Å². The fraction of sp³-hybridized carbons (Fsp3) is 0.0625. The van der Waals surface area contributed by atoms with Crippen molar-refractivity contribution >= 4 is 29.0 Å². The Balaban J connectivity index is 0.00000133. The molecule has 3 aromatic rings. The molecule has 3 rings (SSSR count). The van der Waals surface area contributed by atoms with E-state index in [4.69, 9.17) is 5.73 Å². The van der Waals surface area contributed by atoms with Gasteiger partial charge in [0.05, 0.1) is 5.56 Å². The summed E-state index contributed by atoms with van der Waals surface area (Å²) in [6.45, 7) is 2.12. The minimum Gasteiger partial charge on any atom is -0.398 e. The maximum atomic E-state index is 6.03. The summed E-state index contributed by atoms with van der Waals surface area (Å²) < 4.78 is 0. The van der Waals surface area contributed by atoms with Crippen LogP contribution in [-0.4, -0.2) is 0 Å². The molecule has 1 heterocycles. The number of H-pyrrole nitrogens is 1. The van der Waals surface area contributed by atoms with Crippen LogP contribution >= 0.6 is 12.4 Å². The molecule has 0 radical (unpaired) electrons. The van der Waals surface area contributed by atoms with Gasteiger partial charge in [0.25, 0.3) is 0 Å². The molecule has 0 unspecified atom stereocenters. The molecule has 0 aliphatic rings. The van der Waals surface area contributed by atoms with Crippen molar-refractivity contribution in [1.29, 1.82) is 0 Å². The van der Waals surface area contributed by atoms with Gasteiger partial charge < -0.3 is 5.73 Å². The number of hydrogen-bond acceptors (Lipinski definition) is 1. The average Bonchev–Trinajstić information content (AvgIpc) is 2.39. The standard InChI is InChI=1S/C16H14N2.ClH/c1-11-10-16(13-7-2-4-8-14(13)17)18-15-9-5-3-6-12(11)15;/h2-10H,17H2,1H3;1H/p+1. The van der Waals surface area contributed by atoms with Gasteiger partial charge in [-0.3, -0.25) is 0 Å². The van der Waals surface area contributed by atoms with Gasteiger partial charge >= 0.3 is 0 Å². The first-order valence-electron chi connectivity index (χ1n) is 6.02. The third-order valence-electron chi connectivity index (χ3n) is 3.23. The van der Waals surface area contributed by atoms with Crippen molar-refractivity contribution in [3.8, 4) is 11.3 Å². The molecule has 0 saturated heterocycles. The van der Waals surface area contributed by atoms with Crippen molar-refractivity contribution in [2.45, 2.75) is 6.92 Å². The summed E-state index contributed by atoms with van der Waals surface area (Å²) in [6, 6.07) is 18.4. The van der Waals surface area contributed by atoms with Crippen LogP contribution in [-0.2, 0) is 0 Å². The molecule has 3 N–H and O–H groups in total. The summed E-state index contributed by atoms with van der Waals surface area (Å²) in [5, 5.41) is 1.25. The van der Waals surface area contributed by atoms with Crippen molar-refractivity contribution in [1.82, 2.24) is 0 Å². The summed E-state index contributed by atoms with van der Waals surface area (Å²) >= 11 is 0. The molecule has 2 nitrogen and oxygen atoms in total. The maximum absolute atomic E-state index is 6.03. The number of nitrogens with two attached hydrogens (primary N) is 1. The number of aryl methyl sites for hydroxylation is 1. The van der Waals surface area contributed by atoms with Crippen LogP contribution in [0.3, 0.4) is 0 Å². The predicted octanol–water partition coefficient (Wildman–Crippen LogP) is 3.63. The third kappa shape index (κ3) is 2.40. The Morgan fingerprint density at radius 2 is 1.63 bits per heavy atom. The summed E-state index contributed by atoms with van der Waals surface area (Å²) in [5.74, 6) is 0. The molecule has 1 aromatic heterocycles. The molecule has 0 fully saturated rings. The number of nitrogen functional groups attached to an aromatic ring is 1. The smallest absolute Gasteiger partial charge is 0.213 e. The Morgan fingerprint density at radius 3 is 2.42 bits per heavy atom. The third-order valence-corrected chi connectivity index (χ3v) is 3.23. The monoisotopic (exact) mass is 271 g/mol. The first-order chi connectivity index (χ1) is 8.75. The van der Waals surface area contributed by atoms with Crippen LogP contribution in [0.5, 0.6) is 0 Å². The van der Waals surface area contributed by atoms with Gasteiger partial charge in [-0.05, 0) is 30.7 Å². The Labute approximate surface area is 118 Å². The Kier molecular flexibility index (Phi) is 3.72. The lowest BCUT2D eigenvalue weighted by molar-refractivity contribution is -0.331. The summed E-state index contributed by atoms with van der Waals surface area (Å²) in [7, 11) is 0. The van der Waals surface area contributed by atoms with E-state index < -0.39 is 0 Å². The highest BCUT2D eigenvalue weighted by Gasteiger charge is 2.12. The maximum Gasteiger partial charge on any atom is 0.213 e. The van der Waals surface area contributed by atoms with Crippen LogP contribution in [0.15, 0.2) is 54.6 Å². The van der Waals surface area contributed by atoms with Gasteiger partial charge in [-0.25, -0.2) is 4.98 Å². The highest BCUT2D eigenvalue weighted by atomic mass is 35.5. The van der Waals surface area contributed by atoms with Gasteiger partial charge in [-0.15, -0.1) is 12.4 Å². The molecule has 2 aromatic carbocycles. The van der Waals surface area contributed by atoms with Crippen LogP contribution < -0.4 is 10.7 Å². The van der Waals surface area contributed by atoms with Crippen LogP contribution in [0.25, 0.3) is 22.2 Å². The van der Waals surface area contributed by atoms with Gasteiger partial charge in [-0.1, -0.05) is 24.3 Å². The molecule has 0 saturated carbocycles. The number of halogens is 1. The number of fused-ring (bicyclic) bond motifs is 1. The SMILES string of the molecule is Cc1cc(-c2ccccc2N)[nH+]c2ccccc12.Cl. The van der Waals surface area contributed by atoms with Crippen molar-refractivity contribution in [3.05, 3.63) is 60.2 Å². The van der Waals surface area contributed by atoms with E-state index in [1.165, 1.54) is 10.9 Å². The summed E-state index contributed by atoms with van der Waals surface area (Å²) in [6.07, 6.45) is 0. The molecule has 19 heavy (non-hydrogen) atoms. The Bertz CT molecular complexity index is 723. The normalized spacial score (nSPS) is 10.2. The lowest BCUT2D eigenvalue weighted by Crippen LogP contribution is -2.10. The highest BCUT2D eigenvalue weighted by molar-refractivity contribution is 5.85. The van der Waals surface area contributed by atoms with E-state index in [2.05, 4.69) is 36.2 Å². The number of aromatic nitrogens is 1. The second-order valence-corrected chi connectivity index (χ2v) is 4.50. The molecule has 0 atom stereocenters. The molecular formula is C16H16ClN2+. The van der Waals surface area contributed by atoms with E-state index in [0.717, 1.165) is 22.5 Å². The van der Waals surface area contributed by atoms with E-state index in [9.17, 15) is 0 Å². The van der Waals surface area contributed by atoms with Crippen LogP contribution in [0.4, 0.5) is 5.69 Å². The minimum absolute atomic E-state index is 0. The number of aromatic amines is 1. The first-order valence-corrected chi connectivity index (χ1v) is 6.02. The second-order valence-electron chi connectivity index (χ2n) is 4.50. The molecule has 0 spiro atoms. The number of anilines is 1. The molecule has 3 heteroatoms. The Morgan fingerprint density at radius 1 is 0.947 bits per heavy atom. The lowest BCUT2D eigenvalue weighted by atomic mass is 10.0. The van der Waals surface area contributed by atoms with Crippen molar-refractivity contribution in [2.75, 3.05) is 5.73 Å². The van der Waals surface area contributed by atoms with Gasteiger partial charge in [0.2, 0.25) is 11.2 Å². The average molecular weight is 272 g/mol. The topological polar surface area (TPSA) is 40.2 Å². The summed E-state index contributed by atoms with van der Waals surface area (Å²) in [5.41, 5.74) is 11.3. The largest absolute Gasteiger partial charge is 0.398 e. The number of pyridine rings is 1. The van der Waals surface area contributed by atoms with E-state index in [0.29, 0.717) is 0 Å². The minimum atomic E-state index is 0.